The smallest absolute Gasteiger partial charge is 0.243 e. The second kappa shape index (κ2) is 13.3. The molecule has 0 radical (unpaired) electrons. The summed E-state index contributed by atoms with van der Waals surface area (Å²) in [6, 6.07) is 16.3. The van der Waals surface area contributed by atoms with Crippen LogP contribution in [0.4, 0.5) is 0 Å². The van der Waals surface area contributed by atoms with Gasteiger partial charge in [-0.05, 0) is 61.2 Å². The highest BCUT2D eigenvalue weighted by molar-refractivity contribution is 7.80. The van der Waals surface area contributed by atoms with Gasteiger partial charge in [-0.25, -0.2) is 0 Å². The maximum Gasteiger partial charge on any atom is 0.243 e. The molecule has 1 aliphatic heterocycles. The Balaban J connectivity index is 1.44. The molecule has 2 aromatic carbocycles. The van der Waals surface area contributed by atoms with Crippen molar-refractivity contribution in [3.8, 4) is 0 Å². The highest BCUT2D eigenvalue weighted by Gasteiger charge is 2.37. The van der Waals surface area contributed by atoms with Crippen LogP contribution in [0.15, 0.2) is 60.8 Å². The van der Waals surface area contributed by atoms with E-state index in [9.17, 15) is 9.59 Å². The third kappa shape index (κ3) is 7.49. The molecular weight excluding hydrogens is 505 g/mol. The van der Waals surface area contributed by atoms with Gasteiger partial charge in [-0.3, -0.25) is 9.59 Å². The van der Waals surface area contributed by atoms with Crippen LogP contribution < -0.4 is 16.4 Å². The largest absolute Gasteiger partial charge is 0.383 e. The summed E-state index contributed by atoms with van der Waals surface area (Å²) in [6.07, 6.45) is 5.25. The maximum atomic E-state index is 13.6. The number of likely N-dealkylation sites (tertiary alicyclic amines) is 1. The van der Waals surface area contributed by atoms with Crippen LogP contribution in [-0.2, 0) is 22.4 Å². The Morgan fingerprint density at radius 1 is 1.10 bits per heavy atom. The highest BCUT2D eigenvalue weighted by Crippen LogP contribution is 2.22. The van der Waals surface area contributed by atoms with Crippen LogP contribution in [0.3, 0.4) is 0 Å². The normalized spacial score (nSPS) is 17.6. The Hall–Kier alpha value is -3.17. The molecule has 0 spiro atoms. The summed E-state index contributed by atoms with van der Waals surface area (Å²) < 4.78 is 0. The van der Waals surface area contributed by atoms with Crippen molar-refractivity contribution in [1.29, 1.82) is 0 Å². The number of para-hydroxylation sites is 1. The number of nitrogens with two attached hydrogens (primary N) is 1. The zero-order valence-electron chi connectivity index (χ0n) is 23.2. The van der Waals surface area contributed by atoms with Crippen LogP contribution in [0, 0.1) is 5.92 Å². The van der Waals surface area contributed by atoms with E-state index < -0.39 is 12.1 Å². The third-order valence-corrected chi connectivity index (χ3v) is 7.80. The fraction of sp³-hybridized carbons (Fsp3) is 0.433. The van der Waals surface area contributed by atoms with Gasteiger partial charge in [0.05, 0.1) is 17.1 Å². The summed E-state index contributed by atoms with van der Waals surface area (Å²) in [5, 5.41) is 7.67. The van der Waals surface area contributed by atoms with Crippen LogP contribution in [0.1, 0.15) is 44.2 Å². The highest BCUT2D eigenvalue weighted by atomic mass is 32.1. The number of aromatic amines is 1. The topological polar surface area (TPSA) is 103 Å². The van der Waals surface area contributed by atoms with E-state index in [1.54, 1.807) is 4.90 Å². The van der Waals surface area contributed by atoms with Gasteiger partial charge in [0.25, 0.3) is 0 Å². The Morgan fingerprint density at radius 2 is 1.82 bits per heavy atom. The molecule has 4 atom stereocenters. The predicted octanol–water partition coefficient (Wildman–Crippen LogP) is 2.68. The Labute approximate surface area is 237 Å². The van der Waals surface area contributed by atoms with Gasteiger partial charge in [0.15, 0.2) is 0 Å². The van der Waals surface area contributed by atoms with Gasteiger partial charge >= 0.3 is 0 Å². The SMILES string of the molecule is B[C@H](CC(C)C)NC(=S)[C@H](Cc1ccccc1)NC(=O)[C@@H]1CCCN1C(=O)[C@@H](N)Cc1c[nH]c2ccccc12. The maximum absolute atomic E-state index is 13.6. The summed E-state index contributed by atoms with van der Waals surface area (Å²) in [6.45, 7) is 4.88. The summed E-state index contributed by atoms with van der Waals surface area (Å²) in [5.41, 5.74) is 9.52. The molecule has 0 saturated carbocycles. The number of hydrogen-bond acceptors (Lipinski definition) is 4. The number of benzene rings is 2. The molecule has 9 heteroatoms. The van der Waals surface area contributed by atoms with Crippen LogP contribution in [0.2, 0.25) is 0 Å². The lowest BCUT2D eigenvalue weighted by Gasteiger charge is -2.30. The number of hydrogen-bond donors (Lipinski definition) is 4. The molecule has 4 rings (SSSR count). The van der Waals surface area contributed by atoms with Crippen molar-refractivity contribution < 1.29 is 9.59 Å². The molecule has 2 heterocycles. The summed E-state index contributed by atoms with van der Waals surface area (Å²) in [4.78, 5) is 32.6. The number of amides is 2. The summed E-state index contributed by atoms with van der Waals surface area (Å²) in [5.74, 6) is 0.356. The molecule has 1 aromatic heterocycles. The first-order valence-corrected chi connectivity index (χ1v) is 14.4. The van der Waals surface area contributed by atoms with E-state index >= 15 is 0 Å². The van der Waals surface area contributed by atoms with E-state index in [1.807, 2.05) is 60.8 Å². The quantitative estimate of drug-likeness (QED) is 0.219. The molecule has 3 aromatic rings. The van der Waals surface area contributed by atoms with Crippen molar-refractivity contribution >= 4 is 47.8 Å². The Morgan fingerprint density at radius 3 is 2.56 bits per heavy atom. The predicted molar refractivity (Wildman–Crippen MR) is 164 cm³/mol. The van der Waals surface area contributed by atoms with Gasteiger partial charge in [0.1, 0.15) is 13.9 Å². The number of rotatable bonds is 11. The summed E-state index contributed by atoms with van der Waals surface area (Å²) in [7, 11) is 2.11. The fourth-order valence-corrected chi connectivity index (χ4v) is 5.92. The minimum atomic E-state index is -0.725. The zero-order valence-corrected chi connectivity index (χ0v) is 24.0. The minimum Gasteiger partial charge on any atom is -0.383 e. The molecule has 1 saturated heterocycles. The molecule has 7 nitrogen and oxygen atoms in total. The van der Waals surface area contributed by atoms with E-state index in [4.69, 9.17) is 18.0 Å². The number of aromatic nitrogens is 1. The van der Waals surface area contributed by atoms with Gasteiger partial charge in [-0.1, -0.05) is 74.6 Å². The van der Waals surface area contributed by atoms with Crippen molar-refractivity contribution in [2.24, 2.45) is 11.7 Å². The van der Waals surface area contributed by atoms with Crippen LogP contribution in [-0.4, -0.2) is 65.1 Å². The number of carbonyl (C=O) groups excluding carboxylic acids is 2. The van der Waals surface area contributed by atoms with Gasteiger partial charge in [-0.2, -0.15) is 0 Å². The van der Waals surface area contributed by atoms with Gasteiger partial charge in [0, 0.05) is 23.6 Å². The molecule has 5 N–H and O–H groups in total. The van der Waals surface area contributed by atoms with E-state index in [1.165, 1.54) is 0 Å². The molecule has 1 aliphatic rings. The van der Waals surface area contributed by atoms with Gasteiger partial charge in [0.2, 0.25) is 11.8 Å². The Bertz CT molecular complexity index is 1280. The van der Waals surface area contributed by atoms with Crippen molar-refractivity contribution in [2.75, 3.05) is 6.54 Å². The molecular formula is C30H40BN5O2S. The lowest BCUT2D eigenvalue weighted by molar-refractivity contribution is -0.139. The molecule has 1 fully saturated rings. The van der Waals surface area contributed by atoms with Crippen molar-refractivity contribution in [1.82, 2.24) is 20.5 Å². The number of carbonyl (C=O) groups is 2. The monoisotopic (exact) mass is 545 g/mol. The standard InChI is InChI=1S/C30H40BN5O2S/c1-19(2)15-27(31)35-29(39)25(16-20-9-4-3-5-10-20)34-28(37)26-13-8-14-36(26)30(38)23(32)17-21-18-33-24-12-7-6-11-22(21)24/h3-7,9-12,18-19,23,25-27,33H,8,13-17,31-32H2,1-2H3,(H,34,37)(H,35,39)/t23-,25-,26-,27-/m0/s1. The van der Waals surface area contributed by atoms with Crippen LogP contribution in [0.25, 0.3) is 10.9 Å². The Kier molecular flexibility index (Phi) is 9.81. The number of nitrogens with one attached hydrogen (secondary N) is 3. The van der Waals surface area contributed by atoms with Crippen LogP contribution >= 0.6 is 12.2 Å². The molecule has 0 aliphatic carbocycles. The second-order valence-electron chi connectivity index (χ2n) is 11.1. The third-order valence-electron chi connectivity index (χ3n) is 7.40. The number of fused-ring (bicyclic) bond motifs is 1. The van der Waals surface area contributed by atoms with E-state index in [0.29, 0.717) is 36.7 Å². The minimum absolute atomic E-state index is 0.179. The van der Waals surface area contributed by atoms with Gasteiger partial charge < -0.3 is 26.3 Å². The average molecular weight is 546 g/mol. The number of thiocarbonyl (C=S) groups is 1. The zero-order chi connectivity index (χ0) is 27.9. The van der Waals surface area contributed by atoms with Gasteiger partial charge in [-0.15, -0.1) is 0 Å². The molecule has 2 amide bonds. The second-order valence-corrected chi connectivity index (χ2v) is 11.6. The fourth-order valence-electron chi connectivity index (χ4n) is 5.58. The first-order chi connectivity index (χ1) is 18.7. The lowest BCUT2D eigenvalue weighted by Crippen LogP contribution is -2.56. The number of H-pyrrole nitrogens is 1. The van der Waals surface area contributed by atoms with E-state index in [0.717, 1.165) is 34.9 Å². The molecule has 39 heavy (non-hydrogen) atoms. The van der Waals surface area contributed by atoms with Crippen molar-refractivity contribution in [2.45, 2.75) is 70.0 Å². The number of nitrogens with zero attached hydrogens (tertiary/aromatic N) is 1. The van der Waals surface area contributed by atoms with Crippen LogP contribution in [0.5, 0.6) is 0 Å². The lowest BCUT2D eigenvalue weighted by atomic mass is 9.88. The molecule has 0 unspecified atom stereocenters. The molecule has 0 bridgehead atoms. The van der Waals surface area contributed by atoms with Crippen molar-refractivity contribution in [3.63, 3.8) is 0 Å². The van der Waals surface area contributed by atoms with Crippen molar-refractivity contribution in [3.05, 3.63) is 71.9 Å². The molecule has 206 valence electrons. The first-order valence-electron chi connectivity index (χ1n) is 14.0. The summed E-state index contributed by atoms with van der Waals surface area (Å²) >= 11 is 5.79. The van der Waals surface area contributed by atoms with E-state index in [-0.39, 0.29) is 23.8 Å². The average Bonchev–Trinajstić information content (AvgIpc) is 3.56. The van der Waals surface area contributed by atoms with E-state index in [2.05, 4.69) is 37.3 Å². The first kappa shape index (κ1) is 28.8.